The van der Waals surface area contributed by atoms with Gasteiger partial charge in [0.25, 0.3) is 0 Å². The number of primary amides is 1. The lowest BCUT2D eigenvalue weighted by Crippen LogP contribution is -2.33. The molecule has 1 aliphatic carbocycles. The largest absolute Gasteiger partial charge is 0.439 e. The molecule has 3 rings (SSSR count). The third-order valence-electron chi connectivity index (χ3n) is 4.89. The average molecular weight is 353 g/mol. The number of carbonyl (C=O) groups is 1. The van der Waals surface area contributed by atoms with Gasteiger partial charge in [-0.2, -0.15) is 0 Å². The van der Waals surface area contributed by atoms with E-state index >= 15 is 0 Å². The summed E-state index contributed by atoms with van der Waals surface area (Å²) in [5.41, 5.74) is 8.31. The Bertz CT molecular complexity index is 758. The normalized spacial score (nSPS) is 16.9. The Labute approximate surface area is 155 Å². The van der Waals surface area contributed by atoms with E-state index in [0.717, 1.165) is 31.1 Å². The quantitative estimate of drug-likeness (QED) is 0.762. The summed E-state index contributed by atoms with van der Waals surface area (Å²) >= 11 is 0. The zero-order valence-electron chi connectivity index (χ0n) is 15.5. The third-order valence-corrected chi connectivity index (χ3v) is 4.89. The van der Waals surface area contributed by atoms with Crippen LogP contribution >= 0.6 is 0 Å². The van der Waals surface area contributed by atoms with Gasteiger partial charge >= 0.3 is 0 Å². The van der Waals surface area contributed by atoms with Crippen molar-refractivity contribution < 1.29 is 9.53 Å². The van der Waals surface area contributed by atoms with Crippen molar-refractivity contribution >= 4 is 5.91 Å². The maximum absolute atomic E-state index is 11.1. The Morgan fingerprint density at radius 3 is 2.81 bits per heavy atom. The van der Waals surface area contributed by atoms with E-state index in [4.69, 9.17) is 10.5 Å². The van der Waals surface area contributed by atoms with Gasteiger partial charge in [0.05, 0.1) is 5.56 Å². The van der Waals surface area contributed by atoms with E-state index in [1.165, 1.54) is 30.2 Å². The molecular formula is C21H27N3O2. The van der Waals surface area contributed by atoms with Crippen LogP contribution in [-0.2, 0) is 12.8 Å². The Hall–Kier alpha value is -2.40. The Balaban J connectivity index is 1.59. The number of pyridine rings is 1. The predicted molar refractivity (Wildman–Crippen MR) is 103 cm³/mol. The number of benzene rings is 1. The van der Waals surface area contributed by atoms with Crippen LogP contribution in [0.1, 0.15) is 48.2 Å². The van der Waals surface area contributed by atoms with Gasteiger partial charge in [0.2, 0.25) is 11.8 Å². The summed E-state index contributed by atoms with van der Waals surface area (Å²) in [6.45, 7) is 5.62. The summed E-state index contributed by atoms with van der Waals surface area (Å²) in [5, 5.41) is 3.70. The molecule has 0 fully saturated rings. The van der Waals surface area contributed by atoms with E-state index < -0.39 is 5.91 Å². The number of amides is 1. The molecule has 0 aliphatic heterocycles. The summed E-state index contributed by atoms with van der Waals surface area (Å²) < 4.78 is 5.82. The van der Waals surface area contributed by atoms with E-state index in [1.807, 2.05) is 6.07 Å². The number of nitrogens with one attached hydrogen (secondary N) is 1. The van der Waals surface area contributed by atoms with Gasteiger partial charge in [-0.3, -0.25) is 4.79 Å². The highest BCUT2D eigenvalue weighted by atomic mass is 16.5. The van der Waals surface area contributed by atoms with Crippen LogP contribution in [0.15, 0.2) is 36.5 Å². The topological polar surface area (TPSA) is 77.2 Å². The highest BCUT2D eigenvalue weighted by Gasteiger charge is 2.22. The van der Waals surface area contributed by atoms with E-state index in [2.05, 4.69) is 36.3 Å². The Morgan fingerprint density at radius 1 is 1.31 bits per heavy atom. The lowest BCUT2D eigenvalue weighted by Gasteiger charge is -2.16. The first-order valence-electron chi connectivity index (χ1n) is 9.34. The molecule has 3 N–H and O–H groups in total. The summed E-state index contributed by atoms with van der Waals surface area (Å²) in [7, 11) is 0. The zero-order chi connectivity index (χ0) is 18.5. The zero-order valence-corrected chi connectivity index (χ0v) is 15.5. The van der Waals surface area contributed by atoms with Gasteiger partial charge in [0.15, 0.2) is 0 Å². The molecule has 1 amide bonds. The number of rotatable bonds is 8. The number of nitrogens with zero attached hydrogens (tertiary/aromatic N) is 1. The molecule has 0 radical (unpaired) electrons. The summed E-state index contributed by atoms with van der Waals surface area (Å²) in [6.07, 6.45) is 6.04. The van der Waals surface area contributed by atoms with Gasteiger partial charge in [-0.15, -0.1) is 0 Å². The van der Waals surface area contributed by atoms with E-state index in [9.17, 15) is 4.79 Å². The van der Waals surface area contributed by atoms with Crippen LogP contribution in [0.4, 0.5) is 0 Å². The average Bonchev–Trinajstić information content (AvgIpc) is 3.03. The SMILES string of the molecule is CCCC(C)CNC1Cc2ccc(Oc3ccc(C(N)=O)cn3)cc2C1. The number of hydrogen-bond acceptors (Lipinski definition) is 4. The van der Waals surface area contributed by atoms with Crippen molar-refractivity contribution in [3.05, 3.63) is 53.2 Å². The van der Waals surface area contributed by atoms with Crippen molar-refractivity contribution in [1.29, 1.82) is 0 Å². The first-order chi connectivity index (χ1) is 12.5. The number of ether oxygens (including phenoxy) is 1. The first-order valence-corrected chi connectivity index (χ1v) is 9.34. The van der Waals surface area contributed by atoms with Crippen molar-refractivity contribution in [1.82, 2.24) is 10.3 Å². The number of hydrogen-bond donors (Lipinski definition) is 2. The maximum atomic E-state index is 11.1. The van der Waals surface area contributed by atoms with Gasteiger partial charge in [-0.1, -0.05) is 26.3 Å². The minimum atomic E-state index is -0.492. The molecule has 26 heavy (non-hydrogen) atoms. The minimum Gasteiger partial charge on any atom is -0.439 e. The van der Waals surface area contributed by atoms with Crippen molar-refractivity contribution in [3.63, 3.8) is 0 Å². The fourth-order valence-electron chi connectivity index (χ4n) is 3.47. The minimum absolute atomic E-state index is 0.373. The molecule has 5 heteroatoms. The van der Waals surface area contributed by atoms with E-state index in [0.29, 0.717) is 17.5 Å². The molecular weight excluding hydrogens is 326 g/mol. The van der Waals surface area contributed by atoms with Gasteiger partial charge in [0, 0.05) is 18.3 Å². The molecule has 2 atom stereocenters. The Kier molecular flexibility index (Phi) is 5.89. The van der Waals surface area contributed by atoms with Crippen LogP contribution in [0.2, 0.25) is 0 Å². The van der Waals surface area contributed by atoms with Crippen LogP contribution in [0.3, 0.4) is 0 Å². The molecule has 1 aromatic carbocycles. The van der Waals surface area contributed by atoms with Crippen LogP contribution < -0.4 is 15.8 Å². The van der Waals surface area contributed by atoms with Crippen molar-refractivity contribution in [2.45, 2.75) is 45.6 Å². The summed E-state index contributed by atoms with van der Waals surface area (Å²) in [4.78, 5) is 15.2. The number of aromatic nitrogens is 1. The second kappa shape index (κ2) is 8.32. The maximum Gasteiger partial charge on any atom is 0.250 e. The highest BCUT2D eigenvalue weighted by Crippen LogP contribution is 2.28. The molecule has 0 spiro atoms. The molecule has 0 saturated carbocycles. The predicted octanol–water partition coefficient (Wildman–Crippen LogP) is 3.47. The van der Waals surface area contributed by atoms with Crippen LogP contribution in [-0.4, -0.2) is 23.5 Å². The second-order valence-electron chi connectivity index (χ2n) is 7.19. The molecule has 1 aromatic heterocycles. The highest BCUT2D eigenvalue weighted by molar-refractivity contribution is 5.92. The molecule has 138 valence electrons. The van der Waals surface area contributed by atoms with Gasteiger partial charge in [0.1, 0.15) is 5.75 Å². The van der Waals surface area contributed by atoms with Crippen molar-refractivity contribution in [3.8, 4) is 11.6 Å². The molecule has 0 saturated heterocycles. The second-order valence-corrected chi connectivity index (χ2v) is 7.19. The Morgan fingerprint density at radius 2 is 2.12 bits per heavy atom. The van der Waals surface area contributed by atoms with Gasteiger partial charge in [-0.05, 0) is 61.1 Å². The van der Waals surface area contributed by atoms with E-state index in [-0.39, 0.29) is 0 Å². The van der Waals surface area contributed by atoms with E-state index in [1.54, 1.807) is 12.1 Å². The monoisotopic (exact) mass is 353 g/mol. The number of carbonyl (C=O) groups excluding carboxylic acids is 1. The number of fused-ring (bicyclic) bond motifs is 1. The molecule has 2 unspecified atom stereocenters. The van der Waals surface area contributed by atoms with Crippen molar-refractivity contribution in [2.24, 2.45) is 11.7 Å². The van der Waals surface area contributed by atoms with Crippen LogP contribution in [0.5, 0.6) is 11.6 Å². The lowest BCUT2D eigenvalue weighted by molar-refractivity contribution is 0.1000. The van der Waals surface area contributed by atoms with Crippen LogP contribution in [0, 0.1) is 5.92 Å². The van der Waals surface area contributed by atoms with Gasteiger partial charge in [-0.25, -0.2) is 4.98 Å². The summed E-state index contributed by atoms with van der Waals surface area (Å²) in [5.74, 6) is 1.45. The van der Waals surface area contributed by atoms with Crippen molar-refractivity contribution in [2.75, 3.05) is 6.54 Å². The molecule has 2 aromatic rings. The molecule has 1 aliphatic rings. The molecule has 5 nitrogen and oxygen atoms in total. The fraction of sp³-hybridized carbons (Fsp3) is 0.429. The smallest absolute Gasteiger partial charge is 0.250 e. The third kappa shape index (κ3) is 4.61. The lowest BCUT2D eigenvalue weighted by atomic mass is 10.1. The number of nitrogens with two attached hydrogens (primary N) is 1. The van der Waals surface area contributed by atoms with Gasteiger partial charge < -0.3 is 15.8 Å². The fourth-order valence-corrected chi connectivity index (χ4v) is 3.47. The molecule has 0 bridgehead atoms. The molecule has 1 heterocycles. The standard InChI is InChI=1S/C21H27N3O2/c1-3-4-14(2)12-23-18-9-15-5-7-19(11-17(15)10-18)26-20-8-6-16(13-24-20)21(22)25/h5-8,11,13-14,18,23H,3-4,9-10,12H2,1-2H3,(H2,22,25). The van der Waals surface area contributed by atoms with Crippen LogP contribution in [0.25, 0.3) is 0 Å². The first kappa shape index (κ1) is 18.4. The summed E-state index contributed by atoms with van der Waals surface area (Å²) in [6, 6.07) is 10.00.